The standard InChI is InChI=1S/C11H20N2O4/c1-11(2,3)17-9(14)8-16-10(15)13-6-4-12-5-7-13/h12H,4-8H2,1-3H3. The molecule has 1 aliphatic rings. The van der Waals surface area contributed by atoms with Crippen LogP contribution < -0.4 is 5.32 Å². The van der Waals surface area contributed by atoms with Crippen LogP contribution in [0.2, 0.25) is 0 Å². The summed E-state index contributed by atoms with van der Waals surface area (Å²) >= 11 is 0. The van der Waals surface area contributed by atoms with Crippen LogP contribution >= 0.6 is 0 Å². The van der Waals surface area contributed by atoms with Gasteiger partial charge in [-0.05, 0) is 20.8 Å². The Morgan fingerprint density at radius 2 is 1.82 bits per heavy atom. The summed E-state index contributed by atoms with van der Waals surface area (Å²) in [6.45, 7) is 7.68. The molecule has 1 amide bonds. The monoisotopic (exact) mass is 244 g/mol. The van der Waals surface area contributed by atoms with Gasteiger partial charge in [0.15, 0.2) is 6.61 Å². The summed E-state index contributed by atoms with van der Waals surface area (Å²) in [7, 11) is 0. The minimum absolute atomic E-state index is 0.333. The molecule has 6 nitrogen and oxygen atoms in total. The van der Waals surface area contributed by atoms with Gasteiger partial charge in [-0.1, -0.05) is 0 Å². The van der Waals surface area contributed by atoms with Gasteiger partial charge in [0.05, 0.1) is 0 Å². The van der Waals surface area contributed by atoms with E-state index in [1.54, 1.807) is 25.7 Å². The number of nitrogens with one attached hydrogen (secondary N) is 1. The topological polar surface area (TPSA) is 67.9 Å². The van der Waals surface area contributed by atoms with Gasteiger partial charge in [0.2, 0.25) is 0 Å². The van der Waals surface area contributed by atoms with Crippen molar-refractivity contribution in [1.82, 2.24) is 10.2 Å². The lowest BCUT2D eigenvalue weighted by molar-refractivity contribution is -0.158. The lowest BCUT2D eigenvalue weighted by Crippen LogP contribution is -2.47. The Morgan fingerprint density at radius 1 is 1.24 bits per heavy atom. The Labute approximate surface area is 101 Å². The zero-order valence-electron chi connectivity index (χ0n) is 10.6. The van der Waals surface area contributed by atoms with Gasteiger partial charge >= 0.3 is 12.1 Å². The second kappa shape index (κ2) is 5.86. The number of esters is 1. The summed E-state index contributed by atoms with van der Waals surface area (Å²) < 4.78 is 9.90. The number of amides is 1. The first-order valence-electron chi connectivity index (χ1n) is 5.73. The third-order valence-corrected chi connectivity index (χ3v) is 2.11. The quantitative estimate of drug-likeness (QED) is 0.711. The van der Waals surface area contributed by atoms with Gasteiger partial charge in [0.25, 0.3) is 0 Å². The van der Waals surface area contributed by atoms with Crippen LogP contribution in [0.1, 0.15) is 20.8 Å². The van der Waals surface area contributed by atoms with Gasteiger partial charge in [-0.2, -0.15) is 0 Å². The molecule has 1 rings (SSSR count). The predicted octanol–water partition coefficient (Wildman–Crippen LogP) is 0.370. The summed E-state index contributed by atoms with van der Waals surface area (Å²) in [4.78, 5) is 24.4. The number of ether oxygens (including phenoxy) is 2. The van der Waals surface area contributed by atoms with Crippen molar-refractivity contribution in [3.63, 3.8) is 0 Å². The van der Waals surface area contributed by atoms with Crippen LogP contribution in [-0.4, -0.2) is 55.3 Å². The molecular formula is C11H20N2O4. The molecule has 0 atom stereocenters. The molecule has 6 heteroatoms. The van der Waals surface area contributed by atoms with Crippen LogP contribution in [-0.2, 0) is 14.3 Å². The van der Waals surface area contributed by atoms with Gasteiger partial charge in [0, 0.05) is 26.2 Å². The van der Waals surface area contributed by atoms with Crippen molar-refractivity contribution in [2.24, 2.45) is 0 Å². The summed E-state index contributed by atoms with van der Waals surface area (Å²) in [5.41, 5.74) is -0.557. The fourth-order valence-corrected chi connectivity index (χ4v) is 1.43. The number of nitrogens with zero attached hydrogens (tertiary/aromatic N) is 1. The SMILES string of the molecule is CC(C)(C)OC(=O)COC(=O)N1CCNCC1. The maximum absolute atomic E-state index is 11.5. The van der Waals surface area contributed by atoms with Gasteiger partial charge in [-0.25, -0.2) is 9.59 Å². The van der Waals surface area contributed by atoms with E-state index in [9.17, 15) is 9.59 Å². The number of carbonyl (C=O) groups is 2. The third kappa shape index (κ3) is 5.53. The number of hydrogen-bond donors (Lipinski definition) is 1. The van der Waals surface area contributed by atoms with Crippen LogP contribution in [0.4, 0.5) is 4.79 Å². The Balaban J connectivity index is 2.25. The maximum Gasteiger partial charge on any atom is 0.410 e. The number of piperazine rings is 1. The van der Waals surface area contributed by atoms with E-state index < -0.39 is 17.7 Å². The molecule has 1 heterocycles. The van der Waals surface area contributed by atoms with Crippen LogP contribution in [0.25, 0.3) is 0 Å². The van der Waals surface area contributed by atoms with Crippen molar-refractivity contribution < 1.29 is 19.1 Å². The zero-order chi connectivity index (χ0) is 12.9. The molecule has 17 heavy (non-hydrogen) atoms. The molecule has 0 aromatic heterocycles. The van der Waals surface area contributed by atoms with Crippen LogP contribution in [0.3, 0.4) is 0 Å². The zero-order valence-corrected chi connectivity index (χ0v) is 10.6. The summed E-state index contributed by atoms with van der Waals surface area (Å²) in [5, 5.41) is 3.12. The maximum atomic E-state index is 11.5. The predicted molar refractivity (Wildman–Crippen MR) is 61.6 cm³/mol. The minimum atomic E-state index is -0.557. The van der Waals surface area contributed by atoms with Crippen molar-refractivity contribution in [2.75, 3.05) is 32.8 Å². The van der Waals surface area contributed by atoms with E-state index in [0.29, 0.717) is 13.1 Å². The van der Waals surface area contributed by atoms with E-state index >= 15 is 0 Å². The van der Waals surface area contributed by atoms with E-state index in [0.717, 1.165) is 13.1 Å². The molecule has 0 bridgehead atoms. The van der Waals surface area contributed by atoms with E-state index in [1.165, 1.54) is 0 Å². The largest absolute Gasteiger partial charge is 0.457 e. The molecule has 1 aliphatic heterocycles. The first-order chi connectivity index (χ1) is 7.88. The Morgan fingerprint density at radius 3 is 2.35 bits per heavy atom. The lowest BCUT2D eigenvalue weighted by Gasteiger charge is -2.26. The smallest absolute Gasteiger partial charge is 0.410 e. The van der Waals surface area contributed by atoms with Gasteiger partial charge < -0.3 is 19.7 Å². The molecular weight excluding hydrogens is 224 g/mol. The molecule has 1 fully saturated rings. The molecule has 1 saturated heterocycles. The average Bonchev–Trinajstić information content (AvgIpc) is 2.25. The Bertz CT molecular complexity index is 280. The van der Waals surface area contributed by atoms with E-state index in [1.807, 2.05) is 0 Å². The van der Waals surface area contributed by atoms with Gasteiger partial charge in [-0.15, -0.1) is 0 Å². The normalized spacial score (nSPS) is 16.5. The van der Waals surface area contributed by atoms with E-state index in [2.05, 4.69) is 5.32 Å². The number of rotatable bonds is 2. The second-order valence-corrected chi connectivity index (χ2v) is 4.88. The highest BCUT2D eigenvalue weighted by Crippen LogP contribution is 2.07. The van der Waals surface area contributed by atoms with E-state index in [-0.39, 0.29) is 6.61 Å². The Kier molecular flexibility index (Phi) is 4.74. The number of carbonyl (C=O) groups excluding carboxylic acids is 2. The molecule has 98 valence electrons. The van der Waals surface area contributed by atoms with Crippen LogP contribution in [0.5, 0.6) is 0 Å². The van der Waals surface area contributed by atoms with Crippen molar-refractivity contribution in [3.8, 4) is 0 Å². The first kappa shape index (κ1) is 13.8. The fraction of sp³-hybridized carbons (Fsp3) is 0.818. The number of hydrogen-bond acceptors (Lipinski definition) is 5. The molecule has 0 spiro atoms. The molecule has 1 N–H and O–H groups in total. The molecule has 0 saturated carbocycles. The summed E-state index contributed by atoms with van der Waals surface area (Å²) in [6.07, 6.45) is -0.461. The van der Waals surface area contributed by atoms with Crippen molar-refractivity contribution in [1.29, 1.82) is 0 Å². The molecule has 0 aromatic carbocycles. The molecule has 0 unspecified atom stereocenters. The van der Waals surface area contributed by atoms with Crippen molar-refractivity contribution in [3.05, 3.63) is 0 Å². The average molecular weight is 244 g/mol. The molecule has 0 aliphatic carbocycles. The Hall–Kier alpha value is -1.30. The van der Waals surface area contributed by atoms with Crippen molar-refractivity contribution in [2.45, 2.75) is 26.4 Å². The lowest BCUT2D eigenvalue weighted by atomic mass is 10.2. The summed E-state index contributed by atoms with van der Waals surface area (Å²) in [5.74, 6) is -0.527. The van der Waals surface area contributed by atoms with Crippen LogP contribution in [0, 0.1) is 0 Å². The highest BCUT2D eigenvalue weighted by atomic mass is 16.6. The third-order valence-electron chi connectivity index (χ3n) is 2.11. The molecule has 0 aromatic rings. The second-order valence-electron chi connectivity index (χ2n) is 4.88. The minimum Gasteiger partial charge on any atom is -0.457 e. The van der Waals surface area contributed by atoms with E-state index in [4.69, 9.17) is 9.47 Å². The fourth-order valence-electron chi connectivity index (χ4n) is 1.43. The highest BCUT2D eigenvalue weighted by Gasteiger charge is 2.21. The molecule has 0 radical (unpaired) electrons. The first-order valence-corrected chi connectivity index (χ1v) is 5.73. The van der Waals surface area contributed by atoms with Gasteiger partial charge in [-0.3, -0.25) is 0 Å². The van der Waals surface area contributed by atoms with Gasteiger partial charge in [0.1, 0.15) is 5.60 Å². The summed E-state index contributed by atoms with van der Waals surface area (Å²) in [6, 6.07) is 0. The van der Waals surface area contributed by atoms with Crippen molar-refractivity contribution >= 4 is 12.1 Å². The van der Waals surface area contributed by atoms with Crippen LogP contribution in [0.15, 0.2) is 0 Å². The highest BCUT2D eigenvalue weighted by molar-refractivity contribution is 5.75.